The highest BCUT2D eigenvalue weighted by Crippen LogP contribution is 2.26. The van der Waals surface area contributed by atoms with Gasteiger partial charge in [-0.2, -0.15) is 0 Å². The third-order valence-electron chi connectivity index (χ3n) is 4.90. The van der Waals surface area contributed by atoms with E-state index in [1.807, 2.05) is 0 Å². The van der Waals surface area contributed by atoms with Crippen molar-refractivity contribution in [1.82, 2.24) is 10.6 Å². The van der Waals surface area contributed by atoms with Crippen molar-refractivity contribution in [3.8, 4) is 0 Å². The van der Waals surface area contributed by atoms with Crippen molar-refractivity contribution in [2.24, 2.45) is 11.7 Å². The van der Waals surface area contributed by atoms with Crippen molar-refractivity contribution >= 4 is 5.91 Å². The van der Waals surface area contributed by atoms with Crippen LogP contribution in [0.2, 0.25) is 0 Å². The van der Waals surface area contributed by atoms with Gasteiger partial charge in [-0.05, 0) is 31.6 Å². The van der Waals surface area contributed by atoms with Gasteiger partial charge in [-0.25, -0.2) is 0 Å². The molecule has 0 aliphatic heterocycles. The van der Waals surface area contributed by atoms with Crippen LogP contribution in [-0.2, 0) is 4.79 Å². The van der Waals surface area contributed by atoms with Crippen LogP contribution in [0.1, 0.15) is 64.2 Å². The molecule has 4 N–H and O–H groups in total. The quantitative estimate of drug-likeness (QED) is 0.515. The maximum Gasteiger partial charge on any atom is 0.220 e. The Labute approximate surface area is 123 Å². The third kappa shape index (κ3) is 5.41. The maximum absolute atomic E-state index is 11.9. The number of hydrogen-bond donors (Lipinski definition) is 3. The molecule has 0 aromatic carbocycles. The van der Waals surface area contributed by atoms with Gasteiger partial charge in [0, 0.05) is 31.6 Å². The molecule has 116 valence electrons. The van der Waals surface area contributed by atoms with Gasteiger partial charge in [-0.3, -0.25) is 4.79 Å². The molecule has 0 heterocycles. The van der Waals surface area contributed by atoms with Crippen LogP contribution in [0.5, 0.6) is 0 Å². The van der Waals surface area contributed by atoms with E-state index in [1.54, 1.807) is 0 Å². The molecule has 2 rings (SSSR count). The summed E-state index contributed by atoms with van der Waals surface area (Å²) < 4.78 is 0. The highest BCUT2D eigenvalue weighted by Gasteiger charge is 2.25. The second kappa shape index (κ2) is 8.63. The molecule has 0 bridgehead atoms. The van der Waals surface area contributed by atoms with Crippen molar-refractivity contribution in [3.63, 3.8) is 0 Å². The Balaban J connectivity index is 1.52. The number of amides is 1. The normalized spacial score (nSPS) is 28.2. The predicted molar refractivity (Wildman–Crippen MR) is 82.4 cm³/mol. The summed E-state index contributed by atoms with van der Waals surface area (Å²) in [5, 5.41) is 6.61. The van der Waals surface area contributed by atoms with Gasteiger partial charge in [0.2, 0.25) is 5.91 Å². The Hall–Kier alpha value is -0.610. The van der Waals surface area contributed by atoms with E-state index >= 15 is 0 Å². The molecule has 2 atom stereocenters. The lowest BCUT2D eigenvalue weighted by Gasteiger charge is -2.17. The molecule has 0 saturated heterocycles. The van der Waals surface area contributed by atoms with Crippen molar-refractivity contribution < 1.29 is 4.79 Å². The van der Waals surface area contributed by atoms with Crippen molar-refractivity contribution in [3.05, 3.63) is 0 Å². The van der Waals surface area contributed by atoms with E-state index in [1.165, 1.54) is 44.9 Å². The van der Waals surface area contributed by atoms with Crippen LogP contribution in [0.25, 0.3) is 0 Å². The fourth-order valence-corrected chi connectivity index (χ4v) is 3.59. The molecule has 0 unspecified atom stereocenters. The van der Waals surface area contributed by atoms with Crippen LogP contribution >= 0.6 is 0 Å². The molecule has 0 aromatic heterocycles. The molecule has 0 radical (unpaired) electrons. The average Bonchev–Trinajstić information content (AvgIpc) is 2.68. The van der Waals surface area contributed by atoms with Gasteiger partial charge >= 0.3 is 0 Å². The fraction of sp³-hybridized carbons (Fsp3) is 0.938. The van der Waals surface area contributed by atoms with Crippen molar-refractivity contribution in [1.29, 1.82) is 0 Å². The molecule has 2 aliphatic rings. The van der Waals surface area contributed by atoms with E-state index in [2.05, 4.69) is 10.6 Å². The first kappa shape index (κ1) is 15.8. The van der Waals surface area contributed by atoms with Gasteiger partial charge in [-0.1, -0.05) is 32.1 Å². The summed E-state index contributed by atoms with van der Waals surface area (Å²) in [5.74, 6) is 0.583. The number of carbonyl (C=O) groups is 1. The van der Waals surface area contributed by atoms with E-state index in [0.717, 1.165) is 25.9 Å². The Kier molecular flexibility index (Phi) is 6.80. The Bertz CT molecular complexity index is 287. The van der Waals surface area contributed by atoms with Gasteiger partial charge < -0.3 is 16.4 Å². The summed E-state index contributed by atoms with van der Waals surface area (Å²) in [5.41, 5.74) is 6.00. The molecular weight excluding hydrogens is 250 g/mol. The second-order valence-corrected chi connectivity index (χ2v) is 6.55. The minimum absolute atomic E-state index is 0.176. The van der Waals surface area contributed by atoms with Gasteiger partial charge in [0.05, 0.1) is 0 Å². The number of nitrogens with two attached hydrogens (primary N) is 1. The number of nitrogens with one attached hydrogen (secondary N) is 2. The van der Waals surface area contributed by atoms with E-state index in [-0.39, 0.29) is 11.9 Å². The van der Waals surface area contributed by atoms with Crippen molar-refractivity contribution in [2.45, 2.75) is 76.3 Å². The molecular formula is C16H31N3O. The molecule has 20 heavy (non-hydrogen) atoms. The first-order chi connectivity index (χ1) is 9.75. The number of rotatable bonds is 6. The Morgan fingerprint density at radius 1 is 0.950 bits per heavy atom. The molecule has 2 fully saturated rings. The van der Waals surface area contributed by atoms with Crippen LogP contribution in [-0.4, -0.2) is 31.1 Å². The van der Waals surface area contributed by atoms with Gasteiger partial charge in [0.1, 0.15) is 0 Å². The summed E-state index contributed by atoms with van der Waals surface area (Å²) in [7, 11) is 0. The zero-order valence-electron chi connectivity index (χ0n) is 12.7. The van der Waals surface area contributed by atoms with Crippen LogP contribution in [0.15, 0.2) is 0 Å². The summed E-state index contributed by atoms with van der Waals surface area (Å²) in [6.07, 6.45) is 12.1. The maximum atomic E-state index is 11.9. The fourth-order valence-electron chi connectivity index (χ4n) is 3.59. The number of hydrogen-bond acceptors (Lipinski definition) is 3. The third-order valence-corrected chi connectivity index (χ3v) is 4.90. The molecule has 2 aliphatic carbocycles. The summed E-state index contributed by atoms with van der Waals surface area (Å²) in [6, 6.07) is 0.905. The van der Waals surface area contributed by atoms with Crippen LogP contribution < -0.4 is 16.4 Å². The lowest BCUT2D eigenvalue weighted by Crippen LogP contribution is -2.38. The minimum Gasteiger partial charge on any atom is -0.355 e. The molecule has 4 heteroatoms. The van der Waals surface area contributed by atoms with E-state index in [0.29, 0.717) is 18.4 Å². The van der Waals surface area contributed by atoms with E-state index < -0.39 is 0 Å². The van der Waals surface area contributed by atoms with Crippen molar-refractivity contribution in [2.75, 3.05) is 13.1 Å². The SMILES string of the molecule is N[C@@H]1CCC[C@H]1CC(=O)NCCNC1CCCCCC1. The lowest BCUT2D eigenvalue weighted by atomic mass is 10.00. The molecule has 0 aromatic rings. The Morgan fingerprint density at radius 3 is 2.35 bits per heavy atom. The topological polar surface area (TPSA) is 67.2 Å². The molecule has 4 nitrogen and oxygen atoms in total. The molecule has 0 spiro atoms. The van der Waals surface area contributed by atoms with Crippen LogP contribution in [0.3, 0.4) is 0 Å². The van der Waals surface area contributed by atoms with Gasteiger partial charge in [-0.15, -0.1) is 0 Å². The molecule has 1 amide bonds. The predicted octanol–water partition coefficient (Wildman–Crippen LogP) is 1.93. The van der Waals surface area contributed by atoms with Gasteiger partial charge in [0.25, 0.3) is 0 Å². The van der Waals surface area contributed by atoms with E-state index in [9.17, 15) is 4.79 Å². The van der Waals surface area contributed by atoms with E-state index in [4.69, 9.17) is 5.73 Å². The first-order valence-corrected chi connectivity index (χ1v) is 8.51. The highest BCUT2D eigenvalue weighted by molar-refractivity contribution is 5.76. The number of carbonyl (C=O) groups excluding carboxylic acids is 1. The average molecular weight is 281 g/mol. The second-order valence-electron chi connectivity index (χ2n) is 6.55. The lowest BCUT2D eigenvalue weighted by molar-refractivity contribution is -0.122. The zero-order chi connectivity index (χ0) is 14.2. The summed E-state index contributed by atoms with van der Waals surface area (Å²) in [6.45, 7) is 1.64. The van der Waals surface area contributed by atoms with Gasteiger partial charge in [0.15, 0.2) is 0 Å². The Morgan fingerprint density at radius 2 is 1.70 bits per heavy atom. The summed E-state index contributed by atoms with van der Waals surface area (Å²) in [4.78, 5) is 11.9. The van der Waals surface area contributed by atoms with Crippen LogP contribution in [0.4, 0.5) is 0 Å². The smallest absolute Gasteiger partial charge is 0.220 e. The summed E-state index contributed by atoms with van der Waals surface area (Å²) >= 11 is 0. The zero-order valence-corrected chi connectivity index (χ0v) is 12.7. The monoisotopic (exact) mass is 281 g/mol. The molecule has 2 saturated carbocycles. The van der Waals surface area contributed by atoms with Crippen LogP contribution in [0, 0.1) is 5.92 Å². The standard InChI is InChI=1S/C16H31N3O/c17-15-9-5-6-13(15)12-16(20)19-11-10-18-14-7-3-1-2-4-8-14/h13-15,18H,1-12,17H2,(H,19,20)/t13-,15+/m0/s1. The largest absolute Gasteiger partial charge is 0.355 e. The minimum atomic E-state index is 0.176. The highest BCUT2D eigenvalue weighted by atomic mass is 16.1. The first-order valence-electron chi connectivity index (χ1n) is 8.51.